The van der Waals surface area contributed by atoms with Crippen molar-refractivity contribution in [2.75, 3.05) is 11.6 Å². The lowest BCUT2D eigenvalue weighted by Crippen LogP contribution is -2.13. The Balaban J connectivity index is 1.57. The average Bonchev–Trinajstić information content (AvgIpc) is 3.19. The summed E-state index contributed by atoms with van der Waals surface area (Å²) in [5, 5.41) is 7.16. The third kappa shape index (κ3) is 4.93. The Morgan fingerprint density at radius 3 is 2.64 bits per heavy atom. The first kappa shape index (κ1) is 20.4. The first-order valence-electron chi connectivity index (χ1n) is 8.76. The van der Waals surface area contributed by atoms with Gasteiger partial charge in [0.25, 0.3) is 0 Å². The van der Waals surface area contributed by atoms with Gasteiger partial charge in [0.05, 0.1) is 15.1 Å². The number of hydrogen-bond acceptors (Lipinski definition) is 8. The summed E-state index contributed by atoms with van der Waals surface area (Å²) in [5.41, 5.74) is 0.469. The molecule has 0 aliphatic carbocycles. The summed E-state index contributed by atoms with van der Waals surface area (Å²) in [7, 11) is -3.28. The number of carbonyl (C=O) groups is 1. The maximum absolute atomic E-state index is 12.2. The zero-order valence-corrected chi connectivity index (χ0v) is 17.8. The van der Waals surface area contributed by atoms with E-state index in [-0.39, 0.29) is 22.6 Å². The second-order valence-corrected chi connectivity index (χ2v) is 10.6. The molecular formula is C18H22N4O4S2. The molecule has 28 heavy (non-hydrogen) atoms. The Morgan fingerprint density at radius 1 is 1.25 bits per heavy atom. The summed E-state index contributed by atoms with van der Waals surface area (Å²) in [4.78, 5) is 21.1. The van der Waals surface area contributed by atoms with Crippen LogP contribution in [0.1, 0.15) is 45.3 Å². The van der Waals surface area contributed by atoms with Crippen molar-refractivity contribution in [2.45, 2.75) is 50.3 Å². The largest absolute Gasteiger partial charge is 0.339 e. The summed E-state index contributed by atoms with van der Waals surface area (Å²) in [6.45, 7) is 6.02. The second kappa shape index (κ2) is 7.59. The maximum atomic E-state index is 12.2. The van der Waals surface area contributed by atoms with Crippen LogP contribution < -0.4 is 5.32 Å². The van der Waals surface area contributed by atoms with Crippen LogP contribution in [-0.2, 0) is 26.5 Å². The Morgan fingerprint density at radius 2 is 2.00 bits per heavy atom. The number of aromatic nitrogens is 3. The molecule has 1 aromatic carbocycles. The number of nitrogens with zero attached hydrogens (tertiary/aromatic N) is 3. The molecule has 0 aliphatic rings. The molecule has 0 fully saturated rings. The SMILES string of the molecule is CC(C)(C)c1noc(CCCC(=O)Nc2nc3ccc(S(C)(=O)=O)cc3s2)n1. The van der Waals surface area contributed by atoms with Gasteiger partial charge in [-0.05, 0) is 24.6 Å². The Hall–Kier alpha value is -2.33. The number of anilines is 1. The lowest BCUT2D eigenvalue weighted by molar-refractivity contribution is -0.116. The van der Waals surface area contributed by atoms with Gasteiger partial charge >= 0.3 is 0 Å². The smallest absolute Gasteiger partial charge is 0.226 e. The topological polar surface area (TPSA) is 115 Å². The number of aryl methyl sites for hydroxylation is 1. The Bertz CT molecular complexity index is 1110. The minimum absolute atomic E-state index is 0.169. The Kier molecular flexibility index (Phi) is 5.53. The van der Waals surface area contributed by atoms with Crippen molar-refractivity contribution in [3.8, 4) is 0 Å². The summed E-state index contributed by atoms with van der Waals surface area (Å²) >= 11 is 1.24. The first-order chi connectivity index (χ1) is 13.0. The summed E-state index contributed by atoms with van der Waals surface area (Å²) < 4.78 is 29.2. The van der Waals surface area contributed by atoms with Gasteiger partial charge in [0.1, 0.15) is 0 Å². The van der Waals surface area contributed by atoms with Gasteiger partial charge in [-0.25, -0.2) is 13.4 Å². The van der Waals surface area contributed by atoms with Crippen molar-refractivity contribution >= 4 is 42.4 Å². The van der Waals surface area contributed by atoms with E-state index < -0.39 is 9.84 Å². The normalized spacial score (nSPS) is 12.4. The molecule has 2 heterocycles. The quantitative estimate of drug-likeness (QED) is 0.648. The number of sulfone groups is 1. The fourth-order valence-electron chi connectivity index (χ4n) is 2.43. The summed E-state index contributed by atoms with van der Waals surface area (Å²) in [5.74, 6) is 0.999. The van der Waals surface area contributed by atoms with Crippen molar-refractivity contribution in [1.82, 2.24) is 15.1 Å². The number of rotatable bonds is 6. The molecule has 0 aliphatic heterocycles. The van der Waals surface area contributed by atoms with Gasteiger partial charge in [-0.3, -0.25) is 4.79 Å². The second-order valence-electron chi connectivity index (χ2n) is 7.58. The molecule has 10 heteroatoms. The molecular weight excluding hydrogens is 400 g/mol. The van der Waals surface area contributed by atoms with Crippen molar-refractivity contribution in [3.05, 3.63) is 29.9 Å². The van der Waals surface area contributed by atoms with Gasteiger partial charge in [0, 0.05) is 24.5 Å². The molecule has 1 amide bonds. The lowest BCUT2D eigenvalue weighted by atomic mass is 9.96. The van der Waals surface area contributed by atoms with Crippen molar-refractivity contribution in [3.63, 3.8) is 0 Å². The maximum Gasteiger partial charge on any atom is 0.226 e. The first-order valence-corrected chi connectivity index (χ1v) is 11.5. The molecule has 0 atom stereocenters. The fraction of sp³-hybridized carbons (Fsp3) is 0.444. The van der Waals surface area contributed by atoms with Crippen molar-refractivity contribution in [2.24, 2.45) is 0 Å². The highest BCUT2D eigenvalue weighted by Gasteiger charge is 2.21. The molecule has 8 nitrogen and oxygen atoms in total. The molecule has 0 spiro atoms. The van der Waals surface area contributed by atoms with E-state index in [4.69, 9.17) is 4.52 Å². The van der Waals surface area contributed by atoms with Gasteiger partial charge in [0.15, 0.2) is 20.8 Å². The van der Waals surface area contributed by atoms with Gasteiger partial charge in [-0.1, -0.05) is 37.3 Å². The number of fused-ring (bicyclic) bond motifs is 1. The molecule has 0 saturated heterocycles. The van der Waals surface area contributed by atoms with E-state index >= 15 is 0 Å². The van der Waals surface area contributed by atoms with E-state index in [2.05, 4.69) is 20.4 Å². The molecule has 3 aromatic rings. The van der Waals surface area contributed by atoms with Gasteiger partial charge in [0.2, 0.25) is 11.8 Å². The van der Waals surface area contributed by atoms with Gasteiger partial charge < -0.3 is 9.84 Å². The van der Waals surface area contributed by atoms with Crippen molar-refractivity contribution in [1.29, 1.82) is 0 Å². The minimum Gasteiger partial charge on any atom is -0.339 e. The van der Waals surface area contributed by atoms with Crippen LogP contribution >= 0.6 is 11.3 Å². The molecule has 150 valence electrons. The highest BCUT2D eigenvalue weighted by Crippen LogP contribution is 2.28. The van der Waals surface area contributed by atoms with Crippen molar-refractivity contribution < 1.29 is 17.7 Å². The monoisotopic (exact) mass is 422 g/mol. The lowest BCUT2D eigenvalue weighted by Gasteiger charge is -2.10. The van der Waals surface area contributed by atoms with Crippen LogP contribution in [0.15, 0.2) is 27.6 Å². The standard InChI is InChI=1S/C18H22N4O4S2/c1-18(2,3)16-21-15(26-22-16)7-5-6-14(23)20-17-19-12-9-8-11(28(4,24)25)10-13(12)27-17/h8-10H,5-7H2,1-4H3,(H,19,20,23). The predicted octanol–water partition coefficient (Wildman–Crippen LogP) is 3.34. The number of hydrogen-bond donors (Lipinski definition) is 1. The average molecular weight is 423 g/mol. The third-order valence-electron chi connectivity index (χ3n) is 3.97. The molecule has 2 aromatic heterocycles. The minimum atomic E-state index is -3.28. The predicted molar refractivity (Wildman–Crippen MR) is 107 cm³/mol. The molecule has 0 bridgehead atoms. The van der Waals surface area contributed by atoms with Crippen LogP contribution in [0.2, 0.25) is 0 Å². The highest BCUT2D eigenvalue weighted by atomic mass is 32.2. The van der Waals surface area contributed by atoms with Gasteiger partial charge in [-0.15, -0.1) is 0 Å². The zero-order valence-electron chi connectivity index (χ0n) is 16.1. The van der Waals surface area contributed by atoms with Crippen LogP contribution in [0.4, 0.5) is 5.13 Å². The van der Waals surface area contributed by atoms with Crippen LogP contribution in [0.3, 0.4) is 0 Å². The van der Waals surface area contributed by atoms with E-state index in [1.807, 2.05) is 20.8 Å². The summed E-state index contributed by atoms with van der Waals surface area (Å²) in [6, 6.07) is 4.72. The van der Waals surface area contributed by atoms with Gasteiger partial charge in [-0.2, -0.15) is 4.98 Å². The molecule has 0 saturated carbocycles. The van der Waals surface area contributed by atoms with E-state index in [0.29, 0.717) is 39.9 Å². The number of nitrogens with one attached hydrogen (secondary N) is 1. The number of thiazole rings is 1. The fourth-order valence-corrected chi connectivity index (χ4v) is 4.08. The summed E-state index contributed by atoms with van der Waals surface area (Å²) in [6.07, 6.45) is 2.54. The number of carbonyl (C=O) groups excluding carboxylic acids is 1. The molecule has 1 N–H and O–H groups in total. The van der Waals surface area contributed by atoms with E-state index in [0.717, 1.165) is 6.26 Å². The van der Waals surface area contributed by atoms with Crippen LogP contribution in [0.5, 0.6) is 0 Å². The van der Waals surface area contributed by atoms with Crippen LogP contribution in [0.25, 0.3) is 10.2 Å². The third-order valence-corrected chi connectivity index (χ3v) is 6.01. The molecule has 3 rings (SSSR count). The number of benzene rings is 1. The Labute approximate surface area is 167 Å². The van der Waals surface area contributed by atoms with Crippen LogP contribution in [-0.4, -0.2) is 35.7 Å². The van der Waals surface area contributed by atoms with E-state index in [1.165, 1.54) is 17.4 Å². The zero-order chi connectivity index (χ0) is 20.5. The van der Waals surface area contributed by atoms with E-state index in [1.54, 1.807) is 12.1 Å². The molecule has 0 radical (unpaired) electrons. The van der Waals surface area contributed by atoms with E-state index in [9.17, 15) is 13.2 Å². The number of amides is 1. The molecule has 0 unspecified atom stereocenters. The highest BCUT2D eigenvalue weighted by molar-refractivity contribution is 7.90. The van der Waals surface area contributed by atoms with Crippen LogP contribution in [0, 0.1) is 0 Å².